The molecule has 3 nitrogen and oxygen atoms in total. The van der Waals surface area contributed by atoms with Crippen LogP contribution in [0.1, 0.15) is 15.9 Å². The molecule has 2 aromatic rings. The van der Waals surface area contributed by atoms with Gasteiger partial charge in [-0.05, 0) is 18.2 Å². The summed E-state index contributed by atoms with van der Waals surface area (Å²) in [6, 6.07) is 10.6. The topological polar surface area (TPSA) is 46.5 Å². The van der Waals surface area contributed by atoms with Gasteiger partial charge < -0.3 is 9.84 Å². The summed E-state index contributed by atoms with van der Waals surface area (Å²) in [7, 11) is 0. The van der Waals surface area contributed by atoms with Gasteiger partial charge in [0.15, 0.2) is 0 Å². The molecule has 0 aliphatic rings. The molecule has 0 aliphatic heterocycles. The Balaban J connectivity index is 2.14. The molecule has 0 atom stereocenters. The normalized spacial score (nSPS) is 10.2. The second-order valence-corrected chi connectivity index (χ2v) is 4.23. The summed E-state index contributed by atoms with van der Waals surface area (Å²) >= 11 is 5.56. The van der Waals surface area contributed by atoms with Crippen LogP contribution >= 0.6 is 11.6 Å². The van der Waals surface area contributed by atoms with Gasteiger partial charge in [0, 0.05) is 11.6 Å². The van der Waals surface area contributed by atoms with Crippen molar-refractivity contribution in [3.63, 3.8) is 0 Å². The average molecular weight is 281 g/mol. The molecule has 19 heavy (non-hydrogen) atoms. The first-order chi connectivity index (χ1) is 9.08. The van der Waals surface area contributed by atoms with Crippen LogP contribution in [0.15, 0.2) is 42.5 Å². The van der Waals surface area contributed by atoms with Crippen molar-refractivity contribution in [2.24, 2.45) is 0 Å². The zero-order valence-electron chi connectivity index (χ0n) is 9.77. The molecule has 1 N–H and O–H groups in total. The van der Waals surface area contributed by atoms with Crippen molar-refractivity contribution in [1.82, 2.24) is 0 Å². The number of benzene rings is 2. The van der Waals surface area contributed by atoms with Crippen molar-refractivity contribution >= 4 is 17.6 Å². The van der Waals surface area contributed by atoms with E-state index in [1.165, 1.54) is 18.2 Å². The first-order valence-corrected chi connectivity index (χ1v) is 5.85. The van der Waals surface area contributed by atoms with Crippen LogP contribution < -0.4 is 4.74 Å². The summed E-state index contributed by atoms with van der Waals surface area (Å²) in [6.07, 6.45) is 0. The van der Waals surface area contributed by atoms with E-state index in [1.54, 1.807) is 18.2 Å². The molecule has 0 aromatic heterocycles. The standard InChI is InChI=1S/C14H10ClFO3/c15-12-6-5-10(7-13(12)16)19-8-9-3-1-2-4-11(9)14(17)18/h1-7H,8H2,(H,17,18). The third kappa shape index (κ3) is 3.23. The number of carbonyl (C=O) groups is 1. The SMILES string of the molecule is O=C(O)c1ccccc1COc1ccc(Cl)c(F)c1. The van der Waals surface area contributed by atoms with E-state index in [1.807, 2.05) is 0 Å². The van der Waals surface area contributed by atoms with Crippen molar-refractivity contribution in [1.29, 1.82) is 0 Å². The van der Waals surface area contributed by atoms with E-state index in [4.69, 9.17) is 21.4 Å². The third-order valence-electron chi connectivity index (χ3n) is 2.53. The van der Waals surface area contributed by atoms with E-state index in [0.29, 0.717) is 11.3 Å². The molecular weight excluding hydrogens is 271 g/mol. The fraction of sp³-hybridized carbons (Fsp3) is 0.0714. The Hall–Kier alpha value is -2.07. The quantitative estimate of drug-likeness (QED) is 0.927. The lowest BCUT2D eigenvalue weighted by Crippen LogP contribution is -2.05. The maximum absolute atomic E-state index is 13.2. The predicted molar refractivity (Wildman–Crippen MR) is 69.1 cm³/mol. The highest BCUT2D eigenvalue weighted by molar-refractivity contribution is 6.30. The minimum Gasteiger partial charge on any atom is -0.489 e. The Morgan fingerprint density at radius 1 is 1.26 bits per heavy atom. The number of ether oxygens (including phenoxy) is 1. The molecule has 5 heteroatoms. The van der Waals surface area contributed by atoms with Gasteiger partial charge in [-0.1, -0.05) is 29.8 Å². The van der Waals surface area contributed by atoms with E-state index in [-0.39, 0.29) is 17.2 Å². The van der Waals surface area contributed by atoms with Crippen LogP contribution in [0, 0.1) is 5.82 Å². The molecule has 2 rings (SSSR count). The van der Waals surface area contributed by atoms with E-state index < -0.39 is 11.8 Å². The van der Waals surface area contributed by atoms with Crippen molar-refractivity contribution < 1.29 is 19.0 Å². The molecule has 0 radical (unpaired) electrons. The lowest BCUT2D eigenvalue weighted by atomic mass is 10.1. The summed E-state index contributed by atoms with van der Waals surface area (Å²) in [5, 5.41) is 9.02. The highest BCUT2D eigenvalue weighted by atomic mass is 35.5. The van der Waals surface area contributed by atoms with Gasteiger partial charge >= 0.3 is 5.97 Å². The van der Waals surface area contributed by atoms with Crippen molar-refractivity contribution in [2.45, 2.75) is 6.61 Å². The van der Waals surface area contributed by atoms with Gasteiger partial charge in [-0.15, -0.1) is 0 Å². The Bertz CT molecular complexity index is 613. The highest BCUT2D eigenvalue weighted by Crippen LogP contribution is 2.21. The van der Waals surface area contributed by atoms with Crippen LogP contribution in [0.3, 0.4) is 0 Å². The van der Waals surface area contributed by atoms with Crippen LogP contribution in [0.4, 0.5) is 4.39 Å². The smallest absolute Gasteiger partial charge is 0.336 e. The largest absolute Gasteiger partial charge is 0.489 e. The van der Waals surface area contributed by atoms with Crippen molar-refractivity contribution in [3.8, 4) is 5.75 Å². The Labute approximate surface area is 114 Å². The van der Waals surface area contributed by atoms with E-state index in [2.05, 4.69) is 0 Å². The molecular formula is C14H10ClFO3. The Morgan fingerprint density at radius 2 is 2.00 bits per heavy atom. The van der Waals surface area contributed by atoms with Crippen LogP contribution in [0.25, 0.3) is 0 Å². The molecule has 0 bridgehead atoms. The Kier molecular flexibility index (Phi) is 4.02. The van der Waals surface area contributed by atoms with Crippen molar-refractivity contribution in [2.75, 3.05) is 0 Å². The number of hydrogen-bond acceptors (Lipinski definition) is 2. The van der Waals surface area contributed by atoms with Gasteiger partial charge in [0.05, 0.1) is 10.6 Å². The van der Waals surface area contributed by atoms with Gasteiger partial charge in [0.1, 0.15) is 18.2 Å². The Morgan fingerprint density at radius 3 is 2.68 bits per heavy atom. The van der Waals surface area contributed by atoms with E-state index >= 15 is 0 Å². The molecule has 98 valence electrons. The number of halogens is 2. The molecule has 0 spiro atoms. The average Bonchev–Trinajstić information content (AvgIpc) is 2.40. The number of hydrogen-bond donors (Lipinski definition) is 1. The summed E-state index contributed by atoms with van der Waals surface area (Å²) < 4.78 is 18.6. The molecule has 2 aromatic carbocycles. The van der Waals surface area contributed by atoms with Gasteiger partial charge in [-0.25, -0.2) is 9.18 Å². The molecule has 0 heterocycles. The predicted octanol–water partition coefficient (Wildman–Crippen LogP) is 3.76. The van der Waals surface area contributed by atoms with Crippen LogP contribution in [-0.2, 0) is 6.61 Å². The van der Waals surface area contributed by atoms with Crippen LogP contribution in [0.5, 0.6) is 5.75 Å². The number of carboxylic acid groups (broad SMARTS) is 1. The summed E-state index contributed by atoms with van der Waals surface area (Å²) in [6.45, 7) is 0.0452. The number of carboxylic acids is 1. The molecule has 0 fully saturated rings. The number of rotatable bonds is 4. The van der Waals surface area contributed by atoms with E-state index in [9.17, 15) is 9.18 Å². The fourth-order valence-corrected chi connectivity index (χ4v) is 1.70. The summed E-state index contributed by atoms with van der Waals surface area (Å²) in [5.41, 5.74) is 0.683. The molecule has 0 saturated heterocycles. The minimum atomic E-state index is -1.03. The zero-order valence-corrected chi connectivity index (χ0v) is 10.5. The van der Waals surface area contributed by atoms with E-state index in [0.717, 1.165) is 6.07 Å². The van der Waals surface area contributed by atoms with Gasteiger partial charge in [0.25, 0.3) is 0 Å². The van der Waals surface area contributed by atoms with Gasteiger partial charge in [0.2, 0.25) is 0 Å². The molecule has 0 saturated carbocycles. The lowest BCUT2D eigenvalue weighted by Gasteiger charge is -2.09. The first kappa shape index (κ1) is 13.4. The monoisotopic (exact) mass is 280 g/mol. The highest BCUT2D eigenvalue weighted by Gasteiger charge is 2.09. The maximum Gasteiger partial charge on any atom is 0.336 e. The zero-order chi connectivity index (χ0) is 13.8. The first-order valence-electron chi connectivity index (χ1n) is 5.47. The molecule has 0 amide bonds. The molecule has 0 unspecified atom stereocenters. The van der Waals surface area contributed by atoms with Gasteiger partial charge in [-0.2, -0.15) is 0 Å². The number of aromatic carboxylic acids is 1. The maximum atomic E-state index is 13.2. The second kappa shape index (κ2) is 5.71. The van der Waals surface area contributed by atoms with Gasteiger partial charge in [-0.3, -0.25) is 0 Å². The van der Waals surface area contributed by atoms with Crippen LogP contribution in [-0.4, -0.2) is 11.1 Å². The van der Waals surface area contributed by atoms with Crippen molar-refractivity contribution in [3.05, 3.63) is 64.4 Å². The van der Waals surface area contributed by atoms with Crippen LogP contribution in [0.2, 0.25) is 5.02 Å². The minimum absolute atomic E-state index is 0.0123. The molecule has 0 aliphatic carbocycles. The fourth-order valence-electron chi connectivity index (χ4n) is 1.58. The second-order valence-electron chi connectivity index (χ2n) is 3.83. The third-order valence-corrected chi connectivity index (χ3v) is 2.84. The summed E-state index contributed by atoms with van der Waals surface area (Å²) in [4.78, 5) is 11.0. The summed E-state index contributed by atoms with van der Waals surface area (Å²) in [5.74, 6) is -1.31. The lowest BCUT2D eigenvalue weighted by molar-refractivity contribution is 0.0694.